The Balaban J connectivity index is 1.77. The first kappa shape index (κ1) is 17.7. The van der Waals surface area contributed by atoms with E-state index in [1.165, 1.54) is 5.56 Å². The molecule has 1 N–H and O–H groups in total. The summed E-state index contributed by atoms with van der Waals surface area (Å²) in [6.45, 7) is 7.55. The van der Waals surface area contributed by atoms with E-state index >= 15 is 0 Å². The van der Waals surface area contributed by atoms with Gasteiger partial charge in [-0.2, -0.15) is 0 Å². The third kappa shape index (κ3) is 2.62. The summed E-state index contributed by atoms with van der Waals surface area (Å²) < 4.78 is 5.89. The summed E-state index contributed by atoms with van der Waals surface area (Å²) in [6, 6.07) is 16.4. The zero-order valence-electron chi connectivity index (χ0n) is 16.2. The van der Waals surface area contributed by atoms with E-state index in [0.717, 1.165) is 23.4 Å². The smallest absolute Gasteiger partial charge is 0.241 e. The Morgan fingerprint density at radius 3 is 2.70 bits per heavy atom. The molecule has 27 heavy (non-hydrogen) atoms. The molecule has 1 atom stereocenters. The minimum absolute atomic E-state index is 0.0535. The molecule has 0 aliphatic carbocycles. The summed E-state index contributed by atoms with van der Waals surface area (Å²) in [6.07, 6.45) is 5.18. The summed E-state index contributed by atoms with van der Waals surface area (Å²) in [5, 5.41) is 3.26. The molecule has 2 heterocycles. The van der Waals surface area contributed by atoms with Gasteiger partial charge in [-0.15, -0.1) is 0 Å². The number of anilines is 1. The fourth-order valence-electron chi connectivity index (χ4n) is 4.31. The van der Waals surface area contributed by atoms with Crippen LogP contribution in [-0.4, -0.2) is 24.7 Å². The van der Waals surface area contributed by atoms with Crippen molar-refractivity contribution in [3.63, 3.8) is 0 Å². The SMILES string of the molecule is CCCOc1ccccc1C=CC12NC(=O)CN1c1ccccc1C2(C)C. The van der Waals surface area contributed by atoms with Crippen LogP contribution in [0.15, 0.2) is 54.6 Å². The number of benzene rings is 2. The third-order valence-corrected chi connectivity index (χ3v) is 5.76. The fraction of sp³-hybridized carbons (Fsp3) is 0.348. The molecule has 0 bridgehead atoms. The number of rotatable bonds is 5. The van der Waals surface area contributed by atoms with Gasteiger partial charge >= 0.3 is 0 Å². The predicted molar refractivity (Wildman–Crippen MR) is 109 cm³/mol. The van der Waals surface area contributed by atoms with Crippen molar-refractivity contribution in [3.8, 4) is 5.75 Å². The largest absolute Gasteiger partial charge is 0.493 e. The first-order valence-corrected chi connectivity index (χ1v) is 9.59. The Kier molecular flexibility index (Phi) is 4.22. The molecular weight excluding hydrogens is 336 g/mol. The van der Waals surface area contributed by atoms with E-state index in [0.29, 0.717) is 13.2 Å². The van der Waals surface area contributed by atoms with Crippen LogP contribution >= 0.6 is 0 Å². The maximum Gasteiger partial charge on any atom is 0.241 e. The predicted octanol–water partition coefficient (Wildman–Crippen LogP) is 4.11. The van der Waals surface area contributed by atoms with Crippen molar-refractivity contribution < 1.29 is 9.53 Å². The minimum Gasteiger partial charge on any atom is -0.493 e. The second-order valence-corrected chi connectivity index (χ2v) is 7.76. The maximum atomic E-state index is 12.4. The van der Waals surface area contributed by atoms with Crippen LogP contribution in [0.2, 0.25) is 0 Å². The normalized spacial score (nSPS) is 22.6. The molecule has 2 aromatic carbocycles. The van der Waals surface area contributed by atoms with Gasteiger partial charge in [0.2, 0.25) is 5.91 Å². The van der Waals surface area contributed by atoms with Gasteiger partial charge in [0.05, 0.1) is 13.2 Å². The van der Waals surface area contributed by atoms with Crippen LogP contribution in [0.5, 0.6) is 5.75 Å². The zero-order chi connectivity index (χ0) is 19.1. The fourth-order valence-corrected chi connectivity index (χ4v) is 4.31. The minimum atomic E-state index is -0.578. The van der Waals surface area contributed by atoms with E-state index in [-0.39, 0.29) is 11.3 Å². The highest BCUT2D eigenvalue weighted by molar-refractivity contribution is 5.91. The summed E-state index contributed by atoms with van der Waals surface area (Å²) in [7, 11) is 0. The number of hydrogen-bond acceptors (Lipinski definition) is 3. The summed E-state index contributed by atoms with van der Waals surface area (Å²) in [5.41, 5.74) is 2.57. The van der Waals surface area contributed by atoms with E-state index in [2.05, 4.69) is 61.3 Å². The molecule has 4 rings (SSSR count). The maximum absolute atomic E-state index is 12.4. The van der Waals surface area contributed by atoms with E-state index in [4.69, 9.17) is 4.74 Å². The lowest BCUT2D eigenvalue weighted by atomic mass is 9.75. The number of carbonyl (C=O) groups is 1. The van der Waals surface area contributed by atoms with Crippen molar-refractivity contribution in [2.24, 2.45) is 0 Å². The molecule has 1 fully saturated rings. The molecule has 2 aliphatic heterocycles. The highest BCUT2D eigenvalue weighted by Gasteiger charge is 2.59. The van der Waals surface area contributed by atoms with Crippen LogP contribution in [0.4, 0.5) is 5.69 Å². The van der Waals surface area contributed by atoms with Crippen molar-refractivity contribution in [3.05, 3.63) is 65.7 Å². The Morgan fingerprint density at radius 1 is 1.15 bits per heavy atom. The number of amides is 1. The van der Waals surface area contributed by atoms with Crippen LogP contribution in [0, 0.1) is 0 Å². The number of fused-ring (bicyclic) bond motifs is 3. The average molecular weight is 362 g/mol. The standard InChI is InChI=1S/C23H26N2O2/c1-4-15-27-20-12-8-5-9-17(20)13-14-23-22(2,3)18-10-6-7-11-19(18)25(23)16-21(26)24-23/h5-14H,4,15-16H2,1-3H3,(H,24,26). The summed E-state index contributed by atoms with van der Waals surface area (Å²) >= 11 is 0. The molecule has 0 spiro atoms. The van der Waals surface area contributed by atoms with Crippen LogP contribution in [0.1, 0.15) is 38.3 Å². The van der Waals surface area contributed by atoms with Gasteiger partial charge in [-0.1, -0.05) is 63.2 Å². The summed E-state index contributed by atoms with van der Waals surface area (Å²) in [5.74, 6) is 0.925. The van der Waals surface area contributed by atoms with Gasteiger partial charge in [0.15, 0.2) is 0 Å². The Bertz CT molecular complexity index is 903. The second-order valence-electron chi connectivity index (χ2n) is 7.76. The van der Waals surface area contributed by atoms with Crippen molar-refractivity contribution in [1.29, 1.82) is 0 Å². The lowest BCUT2D eigenvalue weighted by molar-refractivity contribution is -0.118. The molecule has 0 saturated carbocycles. The molecule has 0 aromatic heterocycles. The van der Waals surface area contributed by atoms with Gasteiger partial charge in [-0.05, 0) is 30.2 Å². The van der Waals surface area contributed by atoms with Gasteiger partial charge in [0.25, 0.3) is 0 Å². The van der Waals surface area contributed by atoms with Gasteiger partial charge in [-0.3, -0.25) is 4.79 Å². The number of nitrogens with zero attached hydrogens (tertiary/aromatic N) is 1. The molecule has 2 aliphatic rings. The van der Waals surface area contributed by atoms with Gasteiger partial charge in [0.1, 0.15) is 11.4 Å². The van der Waals surface area contributed by atoms with E-state index in [1.54, 1.807) is 0 Å². The van der Waals surface area contributed by atoms with Crippen LogP contribution < -0.4 is 15.0 Å². The van der Waals surface area contributed by atoms with Gasteiger partial charge in [0, 0.05) is 16.7 Å². The molecule has 140 valence electrons. The monoisotopic (exact) mass is 362 g/mol. The lowest BCUT2D eigenvalue weighted by Gasteiger charge is -2.40. The van der Waals surface area contributed by atoms with Crippen molar-refractivity contribution in [2.45, 2.75) is 38.3 Å². The van der Waals surface area contributed by atoms with E-state index in [1.807, 2.05) is 30.3 Å². The molecule has 0 radical (unpaired) electrons. The van der Waals surface area contributed by atoms with Crippen LogP contribution in [0.25, 0.3) is 6.08 Å². The number of ether oxygens (including phenoxy) is 1. The second kappa shape index (κ2) is 6.45. The van der Waals surface area contributed by atoms with Gasteiger partial charge < -0.3 is 15.0 Å². The first-order valence-electron chi connectivity index (χ1n) is 9.59. The number of hydrogen-bond donors (Lipinski definition) is 1. The molecule has 1 unspecified atom stereocenters. The molecular formula is C23H26N2O2. The molecule has 2 aromatic rings. The zero-order valence-corrected chi connectivity index (χ0v) is 16.2. The van der Waals surface area contributed by atoms with Crippen molar-refractivity contribution in [2.75, 3.05) is 18.1 Å². The quantitative estimate of drug-likeness (QED) is 0.870. The number of para-hydroxylation sites is 2. The molecule has 1 saturated heterocycles. The molecule has 4 nitrogen and oxygen atoms in total. The number of nitrogens with one attached hydrogen (secondary N) is 1. The van der Waals surface area contributed by atoms with Crippen LogP contribution in [0.3, 0.4) is 0 Å². The Labute approximate surface area is 160 Å². The third-order valence-electron chi connectivity index (χ3n) is 5.76. The Morgan fingerprint density at radius 2 is 1.89 bits per heavy atom. The van der Waals surface area contributed by atoms with E-state index in [9.17, 15) is 4.79 Å². The number of carbonyl (C=O) groups excluding carboxylic acids is 1. The molecule has 1 amide bonds. The first-order chi connectivity index (χ1) is 13.0. The highest BCUT2D eigenvalue weighted by atomic mass is 16.5. The average Bonchev–Trinajstić information content (AvgIpc) is 3.10. The van der Waals surface area contributed by atoms with Crippen LogP contribution in [-0.2, 0) is 10.2 Å². The van der Waals surface area contributed by atoms with Crippen molar-refractivity contribution >= 4 is 17.7 Å². The van der Waals surface area contributed by atoms with Crippen molar-refractivity contribution in [1.82, 2.24) is 5.32 Å². The Hall–Kier alpha value is -2.75. The van der Waals surface area contributed by atoms with E-state index < -0.39 is 5.66 Å². The summed E-state index contributed by atoms with van der Waals surface area (Å²) in [4.78, 5) is 14.6. The topological polar surface area (TPSA) is 41.6 Å². The van der Waals surface area contributed by atoms with Gasteiger partial charge in [-0.25, -0.2) is 0 Å². The molecule has 4 heteroatoms. The lowest BCUT2D eigenvalue weighted by Crippen LogP contribution is -2.58. The highest BCUT2D eigenvalue weighted by Crippen LogP contribution is 2.52.